The lowest BCUT2D eigenvalue weighted by atomic mass is 9.99. The number of halogens is 1. The first-order valence-corrected chi connectivity index (χ1v) is 5.57. The van der Waals surface area contributed by atoms with Crippen molar-refractivity contribution in [2.24, 2.45) is 5.92 Å². The Morgan fingerprint density at radius 1 is 1.46 bits per heavy atom. The molecule has 1 aromatic rings. The molecule has 1 unspecified atom stereocenters. The van der Waals surface area contributed by atoms with E-state index in [4.69, 9.17) is 0 Å². The Kier molecular flexibility index (Phi) is 2.58. The third-order valence-electron chi connectivity index (χ3n) is 2.59. The van der Waals surface area contributed by atoms with E-state index in [1.807, 2.05) is 0 Å². The normalized spacial score (nSPS) is 21.5. The van der Waals surface area contributed by atoms with Gasteiger partial charge in [0.1, 0.15) is 0 Å². The van der Waals surface area contributed by atoms with Crippen LogP contribution >= 0.6 is 15.9 Å². The van der Waals surface area contributed by atoms with Crippen molar-refractivity contribution in [3.05, 3.63) is 28.2 Å². The zero-order chi connectivity index (χ0) is 9.26. The van der Waals surface area contributed by atoms with Crippen LogP contribution in [0.2, 0.25) is 0 Å². The zero-order valence-electron chi connectivity index (χ0n) is 7.81. The van der Waals surface area contributed by atoms with Crippen molar-refractivity contribution in [2.75, 3.05) is 11.9 Å². The standard InChI is InChI=1S/C11H14BrN/c1-8-4-5-13-11-3-2-10(12)7-9(11)6-8/h2-3,7-8,13H,4-6H2,1H3. The van der Waals surface area contributed by atoms with E-state index in [0.717, 1.165) is 12.5 Å². The Balaban J connectivity index is 2.35. The molecular formula is C11H14BrN. The van der Waals surface area contributed by atoms with Gasteiger partial charge in [-0.05, 0) is 42.5 Å². The molecule has 0 saturated heterocycles. The number of nitrogens with one attached hydrogen (secondary N) is 1. The highest BCUT2D eigenvalue weighted by molar-refractivity contribution is 9.10. The minimum Gasteiger partial charge on any atom is -0.385 e. The summed E-state index contributed by atoms with van der Waals surface area (Å²) in [5.74, 6) is 0.794. The van der Waals surface area contributed by atoms with Crippen LogP contribution in [-0.4, -0.2) is 6.54 Å². The van der Waals surface area contributed by atoms with E-state index in [2.05, 4.69) is 46.4 Å². The van der Waals surface area contributed by atoms with Crippen LogP contribution < -0.4 is 5.32 Å². The Bertz CT molecular complexity index is 309. The third-order valence-corrected chi connectivity index (χ3v) is 3.08. The predicted octanol–water partition coefficient (Wildman–Crippen LogP) is 3.44. The Labute approximate surface area is 87.7 Å². The van der Waals surface area contributed by atoms with Gasteiger partial charge in [-0.2, -0.15) is 0 Å². The van der Waals surface area contributed by atoms with Crippen LogP contribution in [0.4, 0.5) is 5.69 Å². The third kappa shape index (κ3) is 2.05. The molecule has 2 heteroatoms. The Hall–Kier alpha value is -0.500. The van der Waals surface area contributed by atoms with Crippen molar-refractivity contribution >= 4 is 21.6 Å². The zero-order valence-corrected chi connectivity index (χ0v) is 9.39. The van der Waals surface area contributed by atoms with Gasteiger partial charge < -0.3 is 5.32 Å². The summed E-state index contributed by atoms with van der Waals surface area (Å²) in [4.78, 5) is 0. The van der Waals surface area contributed by atoms with E-state index < -0.39 is 0 Å². The molecule has 1 N–H and O–H groups in total. The monoisotopic (exact) mass is 239 g/mol. The highest BCUT2D eigenvalue weighted by Gasteiger charge is 2.12. The van der Waals surface area contributed by atoms with Crippen molar-refractivity contribution < 1.29 is 0 Å². The summed E-state index contributed by atoms with van der Waals surface area (Å²) in [5, 5.41) is 3.46. The number of anilines is 1. The molecule has 0 aliphatic carbocycles. The predicted molar refractivity (Wildman–Crippen MR) is 60.1 cm³/mol. The van der Waals surface area contributed by atoms with Gasteiger partial charge in [0.2, 0.25) is 0 Å². The van der Waals surface area contributed by atoms with E-state index in [9.17, 15) is 0 Å². The van der Waals surface area contributed by atoms with Crippen molar-refractivity contribution in [2.45, 2.75) is 19.8 Å². The summed E-state index contributed by atoms with van der Waals surface area (Å²) in [6, 6.07) is 6.49. The maximum absolute atomic E-state index is 3.51. The van der Waals surface area contributed by atoms with Gasteiger partial charge in [0.05, 0.1) is 0 Å². The van der Waals surface area contributed by atoms with Gasteiger partial charge in [0.15, 0.2) is 0 Å². The lowest BCUT2D eigenvalue weighted by molar-refractivity contribution is 0.558. The fraction of sp³-hybridized carbons (Fsp3) is 0.455. The molecule has 1 nitrogen and oxygen atoms in total. The molecular weight excluding hydrogens is 226 g/mol. The van der Waals surface area contributed by atoms with Gasteiger partial charge in [-0.25, -0.2) is 0 Å². The smallest absolute Gasteiger partial charge is 0.0373 e. The molecule has 0 aromatic heterocycles. The molecule has 70 valence electrons. The largest absolute Gasteiger partial charge is 0.385 e. The van der Waals surface area contributed by atoms with Crippen molar-refractivity contribution in [1.82, 2.24) is 0 Å². The van der Waals surface area contributed by atoms with Crippen LogP contribution in [-0.2, 0) is 6.42 Å². The van der Waals surface area contributed by atoms with Gasteiger partial charge in [0, 0.05) is 16.7 Å². The average Bonchev–Trinajstić information content (AvgIpc) is 2.25. The lowest BCUT2D eigenvalue weighted by Gasteiger charge is -2.08. The lowest BCUT2D eigenvalue weighted by Crippen LogP contribution is -2.01. The molecule has 1 aliphatic heterocycles. The van der Waals surface area contributed by atoms with Gasteiger partial charge in [0.25, 0.3) is 0 Å². The molecule has 1 atom stereocenters. The van der Waals surface area contributed by atoms with Gasteiger partial charge >= 0.3 is 0 Å². The summed E-state index contributed by atoms with van der Waals surface area (Å²) in [7, 11) is 0. The average molecular weight is 240 g/mol. The molecule has 0 amide bonds. The van der Waals surface area contributed by atoms with Crippen LogP contribution in [0.5, 0.6) is 0 Å². The molecule has 1 aliphatic rings. The van der Waals surface area contributed by atoms with Crippen LogP contribution in [0.1, 0.15) is 18.9 Å². The molecule has 0 saturated carbocycles. The highest BCUT2D eigenvalue weighted by atomic mass is 79.9. The first-order chi connectivity index (χ1) is 6.25. The molecule has 1 aromatic carbocycles. The first kappa shape index (κ1) is 9.07. The molecule has 0 bridgehead atoms. The molecule has 0 radical (unpaired) electrons. The second-order valence-electron chi connectivity index (χ2n) is 3.83. The quantitative estimate of drug-likeness (QED) is 0.732. The van der Waals surface area contributed by atoms with E-state index in [1.165, 1.54) is 28.6 Å². The fourth-order valence-corrected chi connectivity index (χ4v) is 2.24. The molecule has 0 fully saturated rings. The van der Waals surface area contributed by atoms with Crippen molar-refractivity contribution in [3.63, 3.8) is 0 Å². The highest BCUT2D eigenvalue weighted by Crippen LogP contribution is 2.27. The number of hydrogen-bond acceptors (Lipinski definition) is 1. The summed E-state index contributed by atoms with van der Waals surface area (Å²) < 4.78 is 1.18. The minimum absolute atomic E-state index is 0.794. The summed E-state index contributed by atoms with van der Waals surface area (Å²) in [6.45, 7) is 3.42. The summed E-state index contributed by atoms with van der Waals surface area (Å²) in [6.07, 6.45) is 2.47. The van der Waals surface area contributed by atoms with Gasteiger partial charge in [-0.15, -0.1) is 0 Å². The summed E-state index contributed by atoms with van der Waals surface area (Å²) >= 11 is 3.51. The first-order valence-electron chi connectivity index (χ1n) is 4.78. The maximum atomic E-state index is 3.51. The topological polar surface area (TPSA) is 12.0 Å². The number of rotatable bonds is 0. The van der Waals surface area contributed by atoms with E-state index in [-0.39, 0.29) is 0 Å². The number of benzene rings is 1. The molecule has 13 heavy (non-hydrogen) atoms. The minimum atomic E-state index is 0.794. The molecule has 1 heterocycles. The van der Waals surface area contributed by atoms with Crippen LogP contribution in [0.25, 0.3) is 0 Å². The van der Waals surface area contributed by atoms with E-state index in [1.54, 1.807) is 0 Å². The molecule has 0 spiro atoms. The fourth-order valence-electron chi connectivity index (χ4n) is 1.83. The van der Waals surface area contributed by atoms with Gasteiger partial charge in [-0.1, -0.05) is 22.9 Å². The van der Waals surface area contributed by atoms with Crippen LogP contribution in [0.3, 0.4) is 0 Å². The Morgan fingerprint density at radius 2 is 2.31 bits per heavy atom. The number of fused-ring (bicyclic) bond motifs is 1. The second-order valence-corrected chi connectivity index (χ2v) is 4.74. The van der Waals surface area contributed by atoms with E-state index in [0.29, 0.717) is 0 Å². The van der Waals surface area contributed by atoms with Crippen molar-refractivity contribution in [1.29, 1.82) is 0 Å². The molecule has 2 rings (SSSR count). The summed E-state index contributed by atoms with van der Waals surface area (Å²) in [5.41, 5.74) is 2.76. The van der Waals surface area contributed by atoms with E-state index >= 15 is 0 Å². The van der Waals surface area contributed by atoms with Crippen molar-refractivity contribution in [3.8, 4) is 0 Å². The SMILES string of the molecule is CC1CCNc2ccc(Br)cc2C1. The maximum Gasteiger partial charge on any atom is 0.0373 e. The van der Waals surface area contributed by atoms with Crippen LogP contribution in [0, 0.1) is 5.92 Å². The second kappa shape index (κ2) is 3.70. The Morgan fingerprint density at radius 3 is 3.15 bits per heavy atom. The number of hydrogen-bond donors (Lipinski definition) is 1. The van der Waals surface area contributed by atoms with Crippen LogP contribution in [0.15, 0.2) is 22.7 Å². The van der Waals surface area contributed by atoms with Gasteiger partial charge in [-0.3, -0.25) is 0 Å².